The Kier molecular flexibility index (Phi) is 14.6. The fourth-order valence-corrected chi connectivity index (χ4v) is 1.51. The summed E-state index contributed by atoms with van der Waals surface area (Å²) in [5.41, 5.74) is 0. The average molecular weight is 314 g/mol. The summed E-state index contributed by atoms with van der Waals surface area (Å²) in [6.45, 7) is 3.59. The smallest absolute Gasteiger partial charge is 0.308 e. The molecule has 0 atom stereocenters. The van der Waals surface area contributed by atoms with Crippen molar-refractivity contribution >= 4 is 5.97 Å². The minimum atomic E-state index is -0.390. The van der Waals surface area contributed by atoms with Crippen LogP contribution in [0.25, 0.3) is 0 Å². The summed E-state index contributed by atoms with van der Waals surface area (Å²) in [7, 11) is 0. The highest BCUT2D eigenvalue weighted by atomic mass is 16.5. The number of hydrogen-bond acceptors (Lipinski definition) is 3. The van der Waals surface area contributed by atoms with Gasteiger partial charge < -0.3 is 9.84 Å². The predicted octanol–water partition coefficient (Wildman–Crippen LogP) is 3.91. The van der Waals surface area contributed by atoms with Crippen LogP contribution in [-0.4, -0.2) is 17.7 Å². The number of aliphatic hydroxyl groups is 1. The zero-order valence-electron chi connectivity index (χ0n) is 14.1. The van der Waals surface area contributed by atoms with Gasteiger partial charge in [-0.25, -0.2) is 0 Å². The van der Waals surface area contributed by atoms with E-state index in [4.69, 9.17) is 9.84 Å². The molecule has 1 N–H and O–H groups in total. The SMILES string of the molecule is CC/C=C\C/C=C\CC/C=C(/C#CC#CCCCO)OC(C)=O. The molecule has 0 unspecified atom stereocenters. The molecule has 3 nitrogen and oxygen atoms in total. The molecule has 0 aromatic carbocycles. The summed E-state index contributed by atoms with van der Waals surface area (Å²) in [5.74, 6) is 10.9. The maximum atomic E-state index is 11.0. The van der Waals surface area contributed by atoms with E-state index in [1.54, 1.807) is 6.08 Å². The Morgan fingerprint density at radius 3 is 2.61 bits per heavy atom. The minimum Gasteiger partial charge on any atom is -0.418 e. The third-order valence-corrected chi connectivity index (χ3v) is 2.55. The van der Waals surface area contributed by atoms with E-state index in [1.807, 2.05) is 0 Å². The molecule has 0 fully saturated rings. The van der Waals surface area contributed by atoms with Crippen LogP contribution < -0.4 is 0 Å². The van der Waals surface area contributed by atoms with Gasteiger partial charge in [0.05, 0.1) is 0 Å². The molecule has 0 spiro atoms. The van der Waals surface area contributed by atoms with Crippen LogP contribution >= 0.6 is 0 Å². The van der Waals surface area contributed by atoms with E-state index in [1.165, 1.54) is 6.92 Å². The van der Waals surface area contributed by atoms with Gasteiger partial charge in [0.2, 0.25) is 0 Å². The topological polar surface area (TPSA) is 46.5 Å². The molecule has 0 aliphatic carbocycles. The van der Waals surface area contributed by atoms with Gasteiger partial charge in [-0.3, -0.25) is 4.79 Å². The van der Waals surface area contributed by atoms with Crippen LogP contribution in [0.1, 0.15) is 52.4 Å². The first kappa shape index (κ1) is 20.8. The molecule has 0 aliphatic heterocycles. The van der Waals surface area contributed by atoms with Gasteiger partial charge in [-0.15, -0.1) is 0 Å². The normalized spacial score (nSPS) is 11.0. The van der Waals surface area contributed by atoms with Crippen molar-refractivity contribution in [3.05, 3.63) is 36.1 Å². The number of hydrogen-bond donors (Lipinski definition) is 1. The van der Waals surface area contributed by atoms with E-state index >= 15 is 0 Å². The first-order chi connectivity index (χ1) is 11.2. The lowest BCUT2D eigenvalue weighted by molar-refractivity contribution is -0.136. The summed E-state index contributed by atoms with van der Waals surface area (Å²) in [6.07, 6.45) is 15.2. The molecule has 0 amide bonds. The summed E-state index contributed by atoms with van der Waals surface area (Å²) in [5, 5.41) is 8.63. The van der Waals surface area contributed by atoms with Crippen LogP contribution in [0.5, 0.6) is 0 Å². The maximum absolute atomic E-state index is 11.0. The van der Waals surface area contributed by atoms with Gasteiger partial charge in [0.1, 0.15) is 0 Å². The van der Waals surface area contributed by atoms with Crippen LogP contribution in [0.15, 0.2) is 36.1 Å². The van der Waals surface area contributed by atoms with E-state index in [0.717, 1.165) is 25.7 Å². The fraction of sp³-hybridized carbons (Fsp3) is 0.450. The van der Waals surface area contributed by atoms with E-state index < -0.39 is 0 Å². The highest BCUT2D eigenvalue weighted by Gasteiger charge is 1.97. The van der Waals surface area contributed by atoms with Crippen molar-refractivity contribution in [1.29, 1.82) is 0 Å². The Labute approximate surface area is 140 Å². The quantitative estimate of drug-likeness (QED) is 0.231. The van der Waals surface area contributed by atoms with Crippen LogP contribution in [0, 0.1) is 23.7 Å². The summed E-state index contributed by atoms with van der Waals surface area (Å²) in [6, 6.07) is 0. The second-order valence-electron chi connectivity index (χ2n) is 4.71. The van der Waals surface area contributed by atoms with Crippen LogP contribution in [0.4, 0.5) is 0 Å². The Balaban J connectivity index is 4.36. The Bertz CT molecular complexity index is 531. The van der Waals surface area contributed by atoms with E-state index in [0.29, 0.717) is 18.6 Å². The number of aliphatic hydroxyl groups excluding tert-OH is 1. The zero-order chi connectivity index (χ0) is 17.2. The van der Waals surface area contributed by atoms with Gasteiger partial charge >= 0.3 is 5.97 Å². The lowest BCUT2D eigenvalue weighted by atomic mass is 10.2. The first-order valence-electron chi connectivity index (χ1n) is 7.99. The number of carbonyl (C=O) groups excluding carboxylic acids is 1. The number of ether oxygens (including phenoxy) is 1. The molecule has 0 heterocycles. The first-order valence-corrected chi connectivity index (χ1v) is 7.99. The van der Waals surface area contributed by atoms with Gasteiger partial charge in [0.25, 0.3) is 0 Å². The van der Waals surface area contributed by atoms with Gasteiger partial charge in [0.15, 0.2) is 5.76 Å². The Morgan fingerprint density at radius 1 is 1.13 bits per heavy atom. The molecular weight excluding hydrogens is 288 g/mol. The summed E-state index contributed by atoms with van der Waals surface area (Å²) < 4.78 is 5.04. The number of esters is 1. The van der Waals surface area contributed by atoms with Crippen LogP contribution in [0.3, 0.4) is 0 Å². The molecule has 0 bridgehead atoms. The van der Waals surface area contributed by atoms with Crippen molar-refractivity contribution in [1.82, 2.24) is 0 Å². The molecule has 3 heteroatoms. The van der Waals surface area contributed by atoms with E-state index in [9.17, 15) is 4.79 Å². The highest BCUT2D eigenvalue weighted by molar-refractivity contribution is 5.68. The number of allylic oxidation sites excluding steroid dienone is 6. The molecule has 0 aromatic heterocycles. The molecule has 0 aromatic rings. The molecule has 0 radical (unpaired) electrons. The largest absolute Gasteiger partial charge is 0.418 e. The van der Waals surface area contributed by atoms with Gasteiger partial charge in [-0.05, 0) is 55.9 Å². The summed E-state index contributed by atoms with van der Waals surface area (Å²) >= 11 is 0. The third kappa shape index (κ3) is 16.0. The van der Waals surface area contributed by atoms with Crippen molar-refractivity contribution < 1.29 is 14.6 Å². The number of unbranched alkanes of at least 4 members (excludes halogenated alkanes) is 2. The van der Waals surface area contributed by atoms with Crippen molar-refractivity contribution in [2.24, 2.45) is 0 Å². The Hall–Kier alpha value is -2.23. The van der Waals surface area contributed by atoms with Crippen molar-refractivity contribution in [2.45, 2.75) is 52.4 Å². The van der Waals surface area contributed by atoms with Crippen molar-refractivity contribution in [2.75, 3.05) is 6.61 Å². The molecule has 0 saturated carbocycles. The number of carbonyl (C=O) groups is 1. The lowest BCUT2D eigenvalue weighted by Gasteiger charge is -1.98. The molecular formula is C20H26O3. The van der Waals surface area contributed by atoms with Crippen molar-refractivity contribution in [3.8, 4) is 23.7 Å². The second kappa shape index (κ2) is 16.1. The fourth-order valence-electron chi connectivity index (χ4n) is 1.51. The predicted molar refractivity (Wildman–Crippen MR) is 94.1 cm³/mol. The van der Waals surface area contributed by atoms with Crippen molar-refractivity contribution in [3.63, 3.8) is 0 Å². The third-order valence-electron chi connectivity index (χ3n) is 2.55. The van der Waals surface area contributed by atoms with Crippen LogP contribution in [0.2, 0.25) is 0 Å². The zero-order valence-corrected chi connectivity index (χ0v) is 14.1. The Morgan fingerprint density at radius 2 is 1.91 bits per heavy atom. The molecule has 124 valence electrons. The molecule has 0 saturated heterocycles. The van der Waals surface area contributed by atoms with Gasteiger partial charge in [0, 0.05) is 20.0 Å². The molecule has 0 aliphatic rings. The average Bonchev–Trinajstić information content (AvgIpc) is 2.52. The molecule has 0 rings (SSSR count). The monoisotopic (exact) mass is 314 g/mol. The lowest BCUT2D eigenvalue weighted by Crippen LogP contribution is -1.97. The van der Waals surface area contributed by atoms with Gasteiger partial charge in [-0.1, -0.05) is 37.1 Å². The molecule has 23 heavy (non-hydrogen) atoms. The minimum absolute atomic E-state index is 0.127. The van der Waals surface area contributed by atoms with E-state index in [2.05, 4.69) is 54.9 Å². The number of rotatable bonds is 9. The highest BCUT2D eigenvalue weighted by Crippen LogP contribution is 2.02. The van der Waals surface area contributed by atoms with Gasteiger partial charge in [-0.2, -0.15) is 0 Å². The maximum Gasteiger partial charge on any atom is 0.308 e. The van der Waals surface area contributed by atoms with Crippen LogP contribution in [-0.2, 0) is 9.53 Å². The second-order valence-corrected chi connectivity index (χ2v) is 4.71. The standard InChI is InChI=1S/C20H26O3/c1-3-4-5-6-7-8-10-13-16-20(23-19(2)22)17-14-11-9-12-15-18-21/h4-5,7-8,16,21H,3,6,10,12-13,15,18H2,1-2H3/b5-4-,8-7-,20-16-. The van der Waals surface area contributed by atoms with E-state index in [-0.39, 0.29) is 12.6 Å². The summed E-state index contributed by atoms with van der Waals surface area (Å²) in [4.78, 5) is 11.0.